The highest BCUT2D eigenvalue weighted by atomic mass is 16.6. The fourth-order valence-corrected chi connectivity index (χ4v) is 4.48. The van der Waals surface area contributed by atoms with Crippen LogP contribution >= 0.6 is 0 Å². The second kappa shape index (κ2) is 12.3. The molecule has 9 nitrogen and oxygen atoms in total. The van der Waals surface area contributed by atoms with Crippen LogP contribution in [0.2, 0.25) is 0 Å². The standard InChI is InChI=1S/C25H27NO5.C3H5NO2/c1-17(24(27)26-21(16-30-25(26)28)19-8-4-3-5-9-19)14-18-12-13-22(29-2)23(15-18)31-20-10-6-7-11-20;5-3-4-1-2-6-3/h3-5,8-9,12-15,20-21H,6-7,10-11,16H2,1-2H3;1-2H2,(H,4,5)/b17-14+;/t21-;/m0./s1. The zero-order chi connectivity index (χ0) is 26.2. The maximum absolute atomic E-state index is 13.1. The second-order valence-corrected chi connectivity index (χ2v) is 9.00. The lowest BCUT2D eigenvalue weighted by molar-refractivity contribution is -0.125. The lowest BCUT2D eigenvalue weighted by atomic mass is 10.1. The highest BCUT2D eigenvalue weighted by molar-refractivity contribution is 6.05. The molecule has 2 aromatic carbocycles. The monoisotopic (exact) mass is 508 g/mol. The van der Waals surface area contributed by atoms with Gasteiger partial charge in [0.2, 0.25) is 0 Å². The number of nitrogens with one attached hydrogen (secondary N) is 1. The number of cyclic esters (lactones) is 2. The van der Waals surface area contributed by atoms with Crippen molar-refractivity contribution in [3.8, 4) is 11.5 Å². The lowest BCUT2D eigenvalue weighted by Gasteiger charge is -2.20. The molecule has 3 aliphatic rings. The molecule has 196 valence electrons. The number of alkyl carbamates (subject to hydrolysis) is 1. The minimum Gasteiger partial charge on any atom is -0.493 e. The summed E-state index contributed by atoms with van der Waals surface area (Å²) in [4.78, 5) is 36.5. The van der Waals surface area contributed by atoms with Crippen LogP contribution in [-0.2, 0) is 14.3 Å². The number of imide groups is 1. The van der Waals surface area contributed by atoms with Crippen molar-refractivity contribution in [2.24, 2.45) is 0 Å². The molecule has 3 amide bonds. The normalized spacial score (nSPS) is 19.5. The van der Waals surface area contributed by atoms with Crippen molar-refractivity contribution >= 4 is 24.2 Å². The topological polar surface area (TPSA) is 103 Å². The van der Waals surface area contributed by atoms with Gasteiger partial charge in [0.1, 0.15) is 19.3 Å². The minimum absolute atomic E-state index is 0.157. The van der Waals surface area contributed by atoms with Crippen molar-refractivity contribution < 1.29 is 33.3 Å². The summed E-state index contributed by atoms with van der Waals surface area (Å²) in [6.45, 7) is 3.05. The van der Waals surface area contributed by atoms with Gasteiger partial charge >= 0.3 is 12.2 Å². The van der Waals surface area contributed by atoms with Crippen LogP contribution in [0.3, 0.4) is 0 Å². The Balaban J connectivity index is 0.000000469. The largest absolute Gasteiger partial charge is 0.493 e. The lowest BCUT2D eigenvalue weighted by Crippen LogP contribution is -2.34. The summed E-state index contributed by atoms with van der Waals surface area (Å²) in [5.74, 6) is 0.969. The van der Waals surface area contributed by atoms with E-state index in [1.54, 1.807) is 20.1 Å². The molecule has 0 radical (unpaired) electrons. The van der Waals surface area contributed by atoms with Gasteiger partial charge in [-0.1, -0.05) is 36.4 Å². The highest BCUT2D eigenvalue weighted by Gasteiger charge is 2.39. The molecule has 1 saturated carbocycles. The number of rotatable bonds is 6. The molecule has 2 saturated heterocycles. The molecule has 0 spiro atoms. The molecular weight excluding hydrogens is 476 g/mol. The van der Waals surface area contributed by atoms with Gasteiger partial charge in [0.05, 0.1) is 19.8 Å². The predicted molar refractivity (Wildman–Crippen MR) is 136 cm³/mol. The van der Waals surface area contributed by atoms with Crippen LogP contribution in [0.1, 0.15) is 49.8 Å². The van der Waals surface area contributed by atoms with Gasteiger partial charge in [-0.15, -0.1) is 0 Å². The summed E-state index contributed by atoms with van der Waals surface area (Å²) in [6.07, 6.45) is 5.47. The smallest absolute Gasteiger partial charge is 0.417 e. The Labute approximate surface area is 216 Å². The maximum atomic E-state index is 13.1. The van der Waals surface area contributed by atoms with Gasteiger partial charge in [-0.3, -0.25) is 4.79 Å². The number of carbonyl (C=O) groups excluding carboxylic acids is 3. The van der Waals surface area contributed by atoms with E-state index in [0.717, 1.165) is 24.0 Å². The van der Waals surface area contributed by atoms with E-state index in [1.807, 2.05) is 48.5 Å². The zero-order valence-electron chi connectivity index (χ0n) is 21.1. The summed E-state index contributed by atoms with van der Waals surface area (Å²) in [7, 11) is 1.61. The first-order chi connectivity index (χ1) is 18.0. The first-order valence-electron chi connectivity index (χ1n) is 12.4. The van der Waals surface area contributed by atoms with Crippen molar-refractivity contribution in [2.45, 2.75) is 44.8 Å². The number of amides is 3. The van der Waals surface area contributed by atoms with Gasteiger partial charge in [-0.05, 0) is 61.9 Å². The molecule has 0 unspecified atom stereocenters. The average molecular weight is 509 g/mol. The molecule has 0 aromatic heterocycles. The van der Waals surface area contributed by atoms with Crippen molar-refractivity contribution in [1.82, 2.24) is 10.2 Å². The van der Waals surface area contributed by atoms with E-state index in [-0.39, 0.29) is 24.7 Å². The Morgan fingerprint density at radius 3 is 2.43 bits per heavy atom. The Bertz CT molecular complexity index is 1130. The Hall–Kier alpha value is -4.01. The summed E-state index contributed by atoms with van der Waals surface area (Å²) >= 11 is 0. The van der Waals surface area contributed by atoms with Crippen LogP contribution in [0.15, 0.2) is 54.1 Å². The molecule has 37 heavy (non-hydrogen) atoms. The van der Waals surface area contributed by atoms with E-state index in [0.29, 0.717) is 30.2 Å². The van der Waals surface area contributed by atoms with Crippen LogP contribution in [0.5, 0.6) is 11.5 Å². The fourth-order valence-electron chi connectivity index (χ4n) is 4.48. The van der Waals surface area contributed by atoms with E-state index >= 15 is 0 Å². The molecule has 2 heterocycles. The molecule has 3 fully saturated rings. The summed E-state index contributed by atoms with van der Waals surface area (Å²) in [6, 6.07) is 14.6. The fraction of sp³-hybridized carbons (Fsp3) is 0.393. The zero-order valence-corrected chi connectivity index (χ0v) is 21.1. The first kappa shape index (κ1) is 26.1. The van der Waals surface area contributed by atoms with Gasteiger partial charge in [-0.2, -0.15) is 0 Å². The number of hydrogen-bond donors (Lipinski definition) is 1. The third-order valence-electron chi connectivity index (χ3n) is 6.38. The number of carbonyl (C=O) groups is 3. The van der Waals surface area contributed by atoms with Gasteiger partial charge in [0.15, 0.2) is 11.5 Å². The molecule has 9 heteroatoms. The highest BCUT2D eigenvalue weighted by Crippen LogP contribution is 2.34. The van der Waals surface area contributed by atoms with Gasteiger partial charge in [-0.25, -0.2) is 14.5 Å². The van der Waals surface area contributed by atoms with E-state index < -0.39 is 12.1 Å². The molecule has 2 aromatic rings. The summed E-state index contributed by atoms with van der Waals surface area (Å²) < 4.78 is 21.2. The number of ether oxygens (including phenoxy) is 4. The molecule has 1 aliphatic carbocycles. The molecule has 1 atom stereocenters. The van der Waals surface area contributed by atoms with Crippen LogP contribution in [0.4, 0.5) is 9.59 Å². The van der Waals surface area contributed by atoms with E-state index in [9.17, 15) is 14.4 Å². The predicted octanol–water partition coefficient (Wildman–Crippen LogP) is 4.87. The number of benzene rings is 2. The Morgan fingerprint density at radius 2 is 1.81 bits per heavy atom. The number of hydrogen-bond acceptors (Lipinski definition) is 7. The van der Waals surface area contributed by atoms with Crippen molar-refractivity contribution in [1.29, 1.82) is 0 Å². The average Bonchev–Trinajstić information content (AvgIpc) is 3.68. The van der Waals surface area contributed by atoms with Crippen LogP contribution < -0.4 is 14.8 Å². The first-order valence-corrected chi connectivity index (χ1v) is 12.4. The Morgan fingerprint density at radius 1 is 1.05 bits per heavy atom. The Kier molecular flexibility index (Phi) is 8.66. The number of methoxy groups -OCH3 is 1. The van der Waals surface area contributed by atoms with Crippen LogP contribution in [-0.4, -0.2) is 56.0 Å². The van der Waals surface area contributed by atoms with Crippen LogP contribution in [0, 0.1) is 0 Å². The van der Waals surface area contributed by atoms with Crippen molar-refractivity contribution in [3.63, 3.8) is 0 Å². The van der Waals surface area contributed by atoms with E-state index in [4.69, 9.17) is 14.2 Å². The van der Waals surface area contributed by atoms with Crippen molar-refractivity contribution in [2.75, 3.05) is 26.9 Å². The summed E-state index contributed by atoms with van der Waals surface area (Å²) in [5.41, 5.74) is 2.12. The molecule has 0 bridgehead atoms. The second-order valence-electron chi connectivity index (χ2n) is 9.00. The SMILES string of the molecule is COc1ccc(/C=C(\C)C(=O)N2C(=O)OC[C@H]2c2ccccc2)cc1OC1CCCC1.O=C1NCCO1. The minimum atomic E-state index is -0.619. The number of nitrogens with zero attached hydrogens (tertiary/aromatic N) is 1. The third-order valence-corrected chi connectivity index (χ3v) is 6.38. The van der Waals surface area contributed by atoms with E-state index in [1.165, 1.54) is 17.7 Å². The molecule has 5 rings (SSSR count). The summed E-state index contributed by atoms with van der Waals surface area (Å²) in [5, 5.41) is 2.46. The molecule has 1 N–H and O–H groups in total. The van der Waals surface area contributed by atoms with Crippen LogP contribution in [0.25, 0.3) is 6.08 Å². The van der Waals surface area contributed by atoms with Gasteiger partial charge in [0.25, 0.3) is 5.91 Å². The quantitative estimate of drug-likeness (QED) is 0.556. The van der Waals surface area contributed by atoms with Gasteiger partial charge in [0, 0.05) is 5.57 Å². The molecular formula is C28H32N2O7. The molecule has 2 aliphatic heterocycles. The van der Waals surface area contributed by atoms with Gasteiger partial charge < -0.3 is 24.3 Å². The van der Waals surface area contributed by atoms with E-state index in [2.05, 4.69) is 10.1 Å². The maximum Gasteiger partial charge on any atom is 0.417 e. The van der Waals surface area contributed by atoms with Crippen molar-refractivity contribution in [3.05, 3.63) is 65.2 Å². The third kappa shape index (κ3) is 6.61.